The second-order valence-electron chi connectivity index (χ2n) is 3.16. The van der Waals surface area contributed by atoms with Crippen molar-refractivity contribution in [3.63, 3.8) is 0 Å². The molecule has 0 aliphatic rings. The van der Waals surface area contributed by atoms with Gasteiger partial charge in [0.2, 0.25) is 0 Å². The molecule has 0 fully saturated rings. The molecule has 0 aliphatic carbocycles. The highest BCUT2D eigenvalue weighted by molar-refractivity contribution is 5.58. The Labute approximate surface area is 86.1 Å². The van der Waals surface area contributed by atoms with Crippen LogP contribution in [0.15, 0.2) is 34.9 Å². The van der Waals surface area contributed by atoms with E-state index in [2.05, 4.69) is 5.16 Å². The van der Waals surface area contributed by atoms with Gasteiger partial charge in [-0.25, -0.2) is 4.39 Å². The van der Waals surface area contributed by atoms with Gasteiger partial charge in [0.1, 0.15) is 17.3 Å². The monoisotopic (exact) mass is 207 g/mol. The van der Waals surface area contributed by atoms with Crippen LogP contribution in [-0.2, 0) is 6.42 Å². The van der Waals surface area contributed by atoms with E-state index in [9.17, 15) is 4.39 Å². The standard InChI is InChI=1S/C11H10FNO2/c12-9-3-1-8(2-4-9)11-7-10(5-6-14)15-13-11/h1-4,7,14H,5-6H2. The summed E-state index contributed by atoms with van der Waals surface area (Å²) < 4.78 is 17.6. The van der Waals surface area contributed by atoms with Crippen LogP contribution in [0.3, 0.4) is 0 Å². The van der Waals surface area contributed by atoms with Crippen LogP contribution in [0.25, 0.3) is 11.3 Å². The van der Waals surface area contributed by atoms with Crippen molar-refractivity contribution in [1.29, 1.82) is 0 Å². The number of nitrogens with zero attached hydrogens (tertiary/aromatic N) is 1. The third-order valence-electron chi connectivity index (χ3n) is 2.06. The van der Waals surface area contributed by atoms with Crippen LogP contribution in [0.5, 0.6) is 0 Å². The highest BCUT2D eigenvalue weighted by atomic mass is 19.1. The van der Waals surface area contributed by atoms with E-state index in [1.807, 2.05) is 0 Å². The minimum atomic E-state index is -0.280. The van der Waals surface area contributed by atoms with Gasteiger partial charge in [0.25, 0.3) is 0 Å². The second-order valence-corrected chi connectivity index (χ2v) is 3.16. The summed E-state index contributed by atoms with van der Waals surface area (Å²) in [5.74, 6) is 0.342. The fraction of sp³-hybridized carbons (Fsp3) is 0.182. The van der Waals surface area contributed by atoms with Gasteiger partial charge in [-0.05, 0) is 24.3 Å². The highest BCUT2D eigenvalue weighted by Gasteiger charge is 2.05. The van der Waals surface area contributed by atoms with Crippen molar-refractivity contribution in [3.05, 3.63) is 41.9 Å². The van der Waals surface area contributed by atoms with Gasteiger partial charge < -0.3 is 9.63 Å². The summed E-state index contributed by atoms with van der Waals surface area (Å²) in [5, 5.41) is 12.5. The van der Waals surface area contributed by atoms with Crippen LogP contribution in [0, 0.1) is 5.82 Å². The van der Waals surface area contributed by atoms with E-state index in [4.69, 9.17) is 9.63 Å². The number of aliphatic hydroxyl groups is 1. The van der Waals surface area contributed by atoms with Crippen molar-refractivity contribution in [2.45, 2.75) is 6.42 Å². The molecule has 0 radical (unpaired) electrons. The Hall–Kier alpha value is -1.68. The number of benzene rings is 1. The molecule has 2 aromatic rings. The lowest BCUT2D eigenvalue weighted by Gasteiger charge is -1.93. The van der Waals surface area contributed by atoms with Crippen LogP contribution < -0.4 is 0 Å². The fourth-order valence-corrected chi connectivity index (χ4v) is 1.30. The molecule has 15 heavy (non-hydrogen) atoms. The van der Waals surface area contributed by atoms with E-state index in [1.54, 1.807) is 18.2 Å². The van der Waals surface area contributed by atoms with Gasteiger partial charge >= 0.3 is 0 Å². The van der Waals surface area contributed by atoms with E-state index < -0.39 is 0 Å². The largest absolute Gasteiger partial charge is 0.396 e. The van der Waals surface area contributed by atoms with Gasteiger partial charge in [0.15, 0.2) is 0 Å². The summed E-state index contributed by atoms with van der Waals surface area (Å²) in [6.07, 6.45) is 0.439. The molecule has 0 saturated carbocycles. The van der Waals surface area contributed by atoms with Gasteiger partial charge in [0.05, 0.1) is 6.61 Å². The summed E-state index contributed by atoms with van der Waals surface area (Å²) in [4.78, 5) is 0. The molecule has 3 nitrogen and oxygen atoms in total. The zero-order valence-electron chi connectivity index (χ0n) is 7.98. The molecule has 0 saturated heterocycles. The summed E-state index contributed by atoms with van der Waals surface area (Å²) in [7, 11) is 0. The Morgan fingerprint density at radius 2 is 2.00 bits per heavy atom. The van der Waals surface area contributed by atoms with Crippen molar-refractivity contribution in [2.75, 3.05) is 6.61 Å². The first-order chi connectivity index (χ1) is 7.29. The molecule has 0 aliphatic heterocycles. The topological polar surface area (TPSA) is 46.3 Å². The van der Waals surface area contributed by atoms with Crippen molar-refractivity contribution in [1.82, 2.24) is 5.16 Å². The first-order valence-electron chi connectivity index (χ1n) is 4.62. The van der Waals surface area contributed by atoms with Gasteiger partial charge in [-0.15, -0.1) is 0 Å². The Morgan fingerprint density at radius 3 is 2.67 bits per heavy atom. The molecular weight excluding hydrogens is 197 g/mol. The minimum Gasteiger partial charge on any atom is -0.396 e. The number of hydrogen-bond donors (Lipinski definition) is 1. The molecule has 78 valence electrons. The van der Waals surface area contributed by atoms with E-state index in [1.165, 1.54) is 12.1 Å². The van der Waals surface area contributed by atoms with E-state index in [0.717, 1.165) is 5.56 Å². The summed E-state index contributed by atoms with van der Waals surface area (Å²) in [5.41, 5.74) is 1.45. The van der Waals surface area contributed by atoms with Gasteiger partial charge in [-0.2, -0.15) is 0 Å². The van der Waals surface area contributed by atoms with E-state index in [-0.39, 0.29) is 12.4 Å². The van der Waals surface area contributed by atoms with Crippen LogP contribution in [-0.4, -0.2) is 16.9 Å². The maximum absolute atomic E-state index is 12.7. The predicted octanol–water partition coefficient (Wildman–Crippen LogP) is 2.02. The Bertz CT molecular complexity index is 436. The van der Waals surface area contributed by atoms with Crippen molar-refractivity contribution < 1.29 is 14.0 Å². The molecule has 0 unspecified atom stereocenters. The lowest BCUT2D eigenvalue weighted by Crippen LogP contribution is -1.86. The van der Waals surface area contributed by atoms with E-state index in [0.29, 0.717) is 17.9 Å². The van der Waals surface area contributed by atoms with Crippen molar-refractivity contribution in [2.24, 2.45) is 0 Å². The minimum absolute atomic E-state index is 0.0258. The van der Waals surface area contributed by atoms with Crippen LogP contribution in [0.4, 0.5) is 4.39 Å². The Balaban J connectivity index is 2.25. The lowest BCUT2D eigenvalue weighted by atomic mass is 10.1. The predicted molar refractivity (Wildman–Crippen MR) is 52.7 cm³/mol. The smallest absolute Gasteiger partial charge is 0.139 e. The van der Waals surface area contributed by atoms with Crippen LogP contribution in [0.2, 0.25) is 0 Å². The number of aliphatic hydroxyl groups excluding tert-OH is 1. The SMILES string of the molecule is OCCc1cc(-c2ccc(F)cc2)no1. The first-order valence-corrected chi connectivity index (χ1v) is 4.62. The molecule has 0 atom stereocenters. The molecular formula is C11H10FNO2. The molecule has 1 aromatic carbocycles. The van der Waals surface area contributed by atoms with Gasteiger partial charge in [0, 0.05) is 18.1 Å². The molecule has 1 N–H and O–H groups in total. The molecule has 2 rings (SSSR count). The summed E-state index contributed by atoms with van der Waals surface area (Å²) in [6, 6.07) is 7.75. The van der Waals surface area contributed by atoms with Gasteiger partial charge in [-0.1, -0.05) is 5.16 Å². The third kappa shape index (κ3) is 2.22. The molecule has 1 heterocycles. The lowest BCUT2D eigenvalue weighted by molar-refractivity contribution is 0.277. The van der Waals surface area contributed by atoms with Crippen molar-refractivity contribution >= 4 is 0 Å². The zero-order valence-corrected chi connectivity index (χ0v) is 7.98. The highest BCUT2D eigenvalue weighted by Crippen LogP contribution is 2.19. The third-order valence-corrected chi connectivity index (χ3v) is 2.06. The maximum atomic E-state index is 12.7. The van der Waals surface area contributed by atoms with Crippen molar-refractivity contribution in [3.8, 4) is 11.3 Å². The molecule has 0 spiro atoms. The number of rotatable bonds is 3. The summed E-state index contributed by atoms with van der Waals surface area (Å²) >= 11 is 0. The molecule has 0 bridgehead atoms. The maximum Gasteiger partial charge on any atom is 0.139 e. The van der Waals surface area contributed by atoms with E-state index >= 15 is 0 Å². The van der Waals surface area contributed by atoms with Crippen LogP contribution in [0.1, 0.15) is 5.76 Å². The Morgan fingerprint density at radius 1 is 1.27 bits per heavy atom. The zero-order chi connectivity index (χ0) is 10.7. The van der Waals surface area contributed by atoms with Crippen LogP contribution >= 0.6 is 0 Å². The molecule has 0 amide bonds. The first kappa shape index (κ1) is 9.86. The Kier molecular flexibility index (Phi) is 2.78. The molecule has 4 heteroatoms. The van der Waals surface area contributed by atoms with Gasteiger partial charge in [-0.3, -0.25) is 0 Å². The average Bonchev–Trinajstić information content (AvgIpc) is 2.68. The molecule has 1 aromatic heterocycles. The quantitative estimate of drug-likeness (QED) is 0.837. The second kappa shape index (κ2) is 4.23. The number of hydrogen-bond acceptors (Lipinski definition) is 3. The normalized spacial score (nSPS) is 10.5. The average molecular weight is 207 g/mol. The number of aromatic nitrogens is 1. The fourth-order valence-electron chi connectivity index (χ4n) is 1.30. The summed E-state index contributed by atoms with van der Waals surface area (Å²) in [6.45, 7) is 0.0258. The number of halogens is 1.